The van der Waals surface area contributed by atoms with Crippen molar-refractivity contribution in [1.29, 1.82) is 0 Å². The Kier molecular flexibility index (Phi) is 5.80. The highest BCUT2D eigenvalue weighted by Crippen LogP contribution is 2.63. The number of ether oxygens (including phenoxy) is 1. The lowest BCUT2D eigenvalue weighted by Crippen LogP contribution is -2.53. The predicted octanol–water partition coefficient (Wildman–Crippen LogP) is 5.36. The average molecular weight is 413 g/mol. The van der Waals surface area contributed by atoms with Crippen LogP contribution in [0.4, 0.5) is 0 Å². The number of Topliss-reactive ketones (excluding diaryl/α,β-unsaturated/α-hetero) is 1. The van der Waals surface area contributed by atoms with Gasteiger partial charge in [0.15, 0.2) is 5.78 Å². The molecule has 30 heavy (non-hydrogen) atoms. The van der Waals surface area contributed by atoms with Gasteiger partial charge in [-0.25, -0.2) is 0 Å². The molecule has 0 N–H and O–H groups in total. The third kappa shape index (κ3) is 3.50. The Morgan fingerprint density at radius 1 is 1.13 bits per heavy atom. The Morgan fingerprint density at radius 2 is 1.93 bits per heavy atom. The predicted molar refractivity (Wildman–Crippen MR) is 116 cm³/mol. The number of carbonyl (C=O) groups is 3. The lowest BCUT2D eigenvalue weighted by Gasteiger charge is -2.57. The molecule has 0 amide bonds. The summed E-state index contributed by atoms with van der Waals surface area (Å²) < 4.78 is 6.03. The van der Waals surface area contributed by atoms with E-state index >= 15 is 0 Å². The normalized spacial score (nSPS) is 39.8. The summed E-state index contributed by atoms with van der Waals surface area (Å²) in [6.45, 7) is 6.52. The van der Waals surface area contributed by atoms with E-state index in [1.54, 1.807) is 12.2 Å². The van der Waals surface area contributed by atoms with Gasteiger partial charge in [-0.1, -0.05) is 46.1 Å². The highest BCUT2D eigenvalue weighted by atomic mass is 16.5. The zero-order chi connectivity index (χ0) is 21.5. The summed E-state index contributed by atoms with van der Waals surface area (Å²) in [7, 11) is 0. The van der Waals surface area contributed by atoms with Crippen LogP contribution < -0.4 is 0 Å². The molecule has 0 aromatic rings. The van der Waals surface area contributed by atoms with Crippen LogP contribution in [0.3, 0.4) is 0 Å². The van der Waals surface area contributed by atoms with Gasteiger partial charge in [-0.05, 0) is 67.6 Å². The molecule has 4 nitrogen and oxygen atoms in total. The van der Waals surface area contributed by atoms with Crippen molar-refractivity contribution in [3.05, 3.63) is 23.8 Å². The van der Waals surface area contributed by atoms with Crippen LogP contribution in [-0.2, 0) is 19.1 Å². The first kappa shape index (κ1) is 21.5. The fraction of sp³-hybridized carbons (Fsp3) is 0.731. The van der Waals surface area contributed by atoms with Crippen LogP contribution in [0.1, 0.15) is 85.0 Å². The van der Waals surface area contributed by atoms with E-state index in [4.69, 9.17) is 4.74 Å². The van der Waals surface area contributed by atoms with E-state index in [1.807, 2.05) is 0 Å². The molecule has 4 aliphatic carbocycles. The molecule has 0 spiro atoms. The van der Waals surface area contributed by atoms with Crippen LogP contribution >= 0.6 is 0 Å². The number of carbonyl (C=O) groups excluding carboxylic acids is 3. The Morgan fingerprint density at radius 3 is 2.70 bits per heavy atom. The number of unbranched alkanes of at least 4 members (excludes halogenated alkanes) is 3. The van der Waals surface area contributed by atoms with Gasteiger partial charge in [0, 0.05) is 23.7 Å². The highest BCUT2D eigenvalue weighted by Gasteiger charge is 2.60. The van der Waals surface area contributed by atoms with Gasteiger partial charge in [-0.15, -0.1) is 0 Å². The second-order valence-electron chi connectivity index (χ2n) is 10.4. The van der Waals surface area contributed by atoms with Crippen LogP contribution in [-0.4, -0.2) is 23.6 Å². The van der Waals surface area contributed by atoms with Gasteiger partial charge in [0.1, 0.15) is 11.9 Å². The number of esters is 1. The van der Waals surface area contributed by atoms with Gasteiger partial charge >= 0.3 is 5.97 Å². The Hall–Kier alpha value is -1.71. The summed E-state index contributed by atoms with van der Waals surface area (Å²) in [5.41, 5.74) is 0.490. The van der Waals surface area contributed by atoms with E-state index in [9.17, 15) is 14.4 Å². The Balaban J connectivity index is 1.58. The molecular weight excluding hydrogens is 376 g/mol. The zero-order valence-corrected chi connectivity index (χ0v) is 18.7. The van der Waals surface area contributed by atoms with Crippen molar-refractivity contribution in [3.8, 4) is 0 Å². The van der Waals surface area contributed by atoms with E-state index in [0.29, 0.717) is 36.4 Å². The molecule has 4 rings (SSSR count). The van der Waals surface area contributed by atoms with Crippen molar-refractivity contribution in [1.82, 2.24) is 0 Å². The lowest BCUT2D eigenvalue weighted by molar-refractivity contribution is -0.154. The van der Waals surface area contributed by atoms with Gasteiger partial charge < -0.3 is 4.74 Å². The first-order chi connectivity index (χ1) is 14.3. The molecule has 3 saturated carbocycles. The molecule has 4 heteroatoms. The van der Waals surface area contributed by atoms with E-state index in [2.05, 4.69) is 26.8 Å². The van der Waals surface area contributed by atoms with E-state index in [-0.39, 0.29) is 28.7 Å². The number of allylic oxidation sites excluding steroid dienone is 3. The first-order valence-corrected chi connectivity index (χ1v) is 12.0. The van der Waals surface area contributed by atoms with Crippen molar-refractivity contribution in [2.45, 2.75) is 91.1 Å². The van der Waals surface area contributed by atoms with E-state index < -0.39 is 0 Å². The maximum atomic E-state index is 12.7. The molecule has 0 aromatic heterocycles. The van der Waals surface area contributed by atoms with Gasteiger partial charge in [-0.2, -0.15) is 0 Å². The minimum Gasteiger partial charge on any atom is -0.458 e. The largest absolute Gasteiger partial charge is 0.458 e. The minimum atomic E-state index is -0.345. The highest BCUT2D eigenvalue weighted by molar-refractivity contribution is 6.01. The smallest absolute Gasteiger partial charge is 0.306 e. The molecule has 6 atom stereocenters. The topological polar surface area (TPSA) is 60.4 Å². The van der Waals surface area contributed by atoms with Gasteiger partial charge in [0.2, 0.25) is 0 Å². The third-order valence-corrected chi connectivity index (χ3v) is 8.77. The molecular formula is C26H36O4. The maximum absolute atomic E-state index is 12.7. The van der Waals surface area contributed by atoms with Crippen LogP contribution in [0, 0.1) is 28.6 Å². The van der Waals surface area contributed by atoms with Crippen LogP contribution in [0.15, 0.2) is 23.8 Å². The SMILES string of the molecule is CCCCCCC(=O)O[C@@H]1C[C@@H]2[C@H](CC[C@]3(C)C(=O)CC[C@@H]23)[C@@]2(C)C=CC(=O)C=C12. The lowest BCUT2D eigenvalue weighted by atomic mass is 9.48. The summed E-state index contributed by atoms with van der Waals surface area (Å²) in [5, 5.41) is 0. The molecule has 0 unspecified atom stereocenters. The number of hydrogen-bond acceptors (Lipinski definition) is 4. The molecule has 0 bridgehead atoms. The van der Waals surface area contributed by atoms with Crippen LogP contribution in [0.2, 0.25) is 0 Å². The molecule has 0 saturated heterocycles. The minimum absolute atomic E-state index is 0.0124. The number of fused-ring (bicyclic) bond motifs is 5. The van der Waals surface area contributed by atoms with E-state index in [1.165, 1.54) is 0 Å². The van der Waals surface area contributed by atoms with Gasteiger partial charge in [-0.3, -0.25) is 14.4 Å². The van der Waals surface area contributed by atoms with Crippen molar-refractivity contribution >= 4 is 17.5 Å². The Labute approximate surface area is 180 Å². The average Bonchev–Trinajstić information content (AvgIpc) is 3.01. The van der Waals surface area contributed by atoms with Crippen molar-refractivity contribution in [2.24, 2.45) is 28.6 Å². The Bertz CT molecular complexity index is 793. The quantitative estimate of drug-likeness (QED) is 0.435. The molecule has 0 aliphatic heterocycles. The monoisotopic (exact) mass is 412 g/mol. The summed E-state index contributed by atoms with van der Waals surface area (Å²) in [4.78, 5) is 37.5. The summed E-state index contributed by atoms with van der Waals surface area (Å²) in [5.74, 6) is 1.36. The standard InChI is InChI=1S/C26H36O4/c1-4-5-6-7-8-24(29)30-22-16-18-19-9-10-23(28)26(19,3)14-12-20(18)25(2)13-11-17(27)15-21(22)25/h11,13,15,18-20,22H,4-10,12,14,16H2,1-3H3/t18-,19-,20-,22+,25+,26-/m0/s1. The molecule has 0 radical (unpaired) electrons. The van der Waals surface area contributed by atoms with Gasteiger partial charge in [0.25, 0.3) is 0 Å². The maximum Gasteiger partial charge on any atom is 0.306 e. The number of hydrogen-bond donors (Lipinski definition) is 0. The third-order valence-electron chi connectivity index (χ3n) is 8.77. The molecule has 3 fully saturated rings. The summed E-state index contributed by atoms with van der Waals surface area (Å²) in [6, 6.07) is 0. The van der Waals surface area contributed by atoms with Crippen molar-refractivity contribution in [3.63, 3.8) is 0 Å². The molecule has 4 aliphatic rings. The molecule has 164 valence electrons. The fourth-order valence-electron chi connectivity index (χ4n) is 7.02. The summed E-state index contributed by atoms with van der Waals surface area (Å²) in [6.07, 6.45) is 14.0. The second-order valence-corrected chi connectivity index (χ2v) is 10.4. The number of ketones is 2. The second kappa shape index (κ2) is 8.09. The molecule has 0 heterocycles. The molecule has 0 aromatic carbocycles. The summed E-state index contributed by atoms with van der Waals surface area (Å²) >= 11 is 0. The van der Waals surface area contributed by atoms with Crippen molar-refractivity contribution in [2.75, 3.05) is 0 Å². The fourth-order valence-corrected chi connectivity index (χ4v) is 7.02. The first-order valence-electron chi connectivity index (χ1n) is 12.0. The van der Waals surface area contributed by atoms with Crippen molar-refractivity contribution < 1.29 is 19.1 Å². The number of rotatable bonds is 6. The van der Waals surface area contributed by atoms with Gasteiger partial charge in [0.05, 0.1) is 0 Å². The van der Waals surface area contributed by atoms with E-state index in [0.717, 1.165) is 56.9 Å². The zero-order valence-electron chi connectivity index (χ0n) is 18.7. The van der Waals surface area contributed by atoms with Crippen LogP contribution in [0.25, 0.3) is 0 Å². The van der Waals surface area contributed by atoms with Crippen LogP contribution in [0.5, 0.6) is 0 Å².